The molecule has 2 atom stereocenters. The lowest BCUT2D eigenvalue weighted by molar-refractivity contribution is -0.136. The van der Waals surface area contributed by atoms with Crippen LogP contribution in [0.15, 0.2) is 66.9 Å². The van der Waals surface area contributed by atoms with Gasteiger partial charge in [0.25, 0.3) is 11.8 Å². The summed E-state index contributed by atoms with van der Waals surface area (Å²) in [6.45, 7) is 6.02. The fraction of sp³-hybridized carbons (Fsp3) is 0.449. The predicted octanol–water partition coefficient (Wildman–Crippen LogP) is 3.46. The number of benzene rings is 3. The first-order valence-electron chi connectivity index (χ1n) is 23.5. The largest absolute Gasteiger partial charge is 0.490 e. The Balaban J connectivity index is 0.757. The number of sulfonamides is 1. The maximum absolute atomic E-state index is 13.8. The quantitative estimate of drug-likeness (QED) is 0.0616. The molecule has 3 fully saturated rings. The number of anilines is 1. The van der Waals surface area contributed by atoms with Gasteiger partial charge in [-0.15, -0.1) is 0 Å². The van der Waals surface area contributed by atoms with Crippen molar-refractivity contribution in [1.82, 2.24) is 24.4 Å². The third-order valence-corrected chi connectivity index (χ3v) is 15.5. The van der Waals surface area contributed by atoms with Crippen LogP contribution in [0.5, 0.6) is 5.75 Å². The fourth-order valence-electron chi connectivity index (χ4n) is 9.31. The van der Waals surface area contributed by atoms with Crippen molar-refractivity contribution >= 4 is 79.3 Å². The highest BCUT2D eigenvalue weighted by atomic mass is 32.2. The number of aromatic nitrogens is 1. The van der Waals surface area contributed by atoms with Crippen LogP contribution in [0.3, 0.4) is 0 Å². The van der Waals surface area contributed by atoms with Crippen LogP contribution in [0, 0.1) is 0 Å². The summed E-state index contributed by atoms with van der Waals surface area (Å²) in [6.07, 6.45) is 3.92. The Labute approximate surface area is 410 Å². The van der Waals surface area contributed by atoms with Gasteiger partial charge in [-0.25, -0.2) is 12.7 Å². The minimum atomic E-state index is -3.38. The van der Waals surface area contributed by atoms with Crippen molar-refractivity contribution in [2.24, 2.45) is 5.73 Å². The summed E-state index contributed by atoms with van der Waals surface area (Å²) in [5.74, 6) is -2.73. The van der Waals surface area contributed by atoms with Gasteiger partial charge in [-0.1, -0.05) is 42.5 Å². The molecule has 3 aromatic carbocycles. The molecule has 6 amide bonds. The first-order valence-corrected chi connectivity index (χ1v) is 25.4. The summed E-state index contributed by atoms with van der Waals surface area (Å²) < 4.78 is 52.2. The molecule has 0 aliphatic carbocycles. The molecule has 0 spiro atoms. The van der Waals surface area contributed by atoms with E-state index >= 15 is 0 Å². The summed E-state index contributed by atoms with van der Waals surface area (Å²) in [7, 11) is -3.38. The molecule has 1 aromatic heterocycles. The molecule has 8 rings (SSSR count). The molecule has 0 saturated carbocycles. The molecule has 4 N–H and O–H groups in total. The van der Waals surface area contributed by atoms with Gasteiger partial charge in [0.2, 0.25) is 33.7 Å². The molecule has 372 valence electrons. The van der Waals surface area contributed by atoms with Crippen molar-refractivity contribution in [1.29, 1.82) is 0 Å². The van der Waals surface area contributed by atoms with E-state index in [9.17, 15) is 37.2 Å². The molecule has 4 aliphatic heterocycles. The Morgan fingerprint density at radius 1 is 0.829 bits per heavy atom. The molecular formula is C49H57N7O12S2. The van der Waals surface area contributed by atoms with Crippen LogP contribution in [0.4, 0.5) is 5.69 Å². The molecule has 5 heterocycles. The minimum absolute atomic E-state index is 0.0176. The van der Waals surface area contributed by atoms with E-state index in [1.807, 2.05) is 42.5 Å². The first kappa shape index (κ1) is 50.3. The number of thiocarbonyl (C=S) groups is 1. The summed E-state index contributed by atoms with van der Waals surface area (Å²) in [6, 6.07) is 16.6. The zero-order chi connectivity index (χ0) is 49.7. The van der Waals surface area contributed by atoms with Gasteiger partial charge in [-0.3, -0.25) is 39.0 Å². The SMILES string of the molecule is CC(C)S(=O)(=O)N1CCC(n2cc(-c3cccc(C(N)=S)c3)c3ccc(N4CCC(NC(=O)CCOCCOCCOCCOc5cccc6c5C(=O)N(C5CCC(=O)NC5=O)C6=O)C4=O)cc32)CC1. The van der Waals surface area contributed by atoms with Crippen LogP contribution in [-0.4, -0.2) is 146 Å². The van der Waals surface area contributed by atoms with Gasteiger partial charge >= 0.3 is 0 Å². The van der Waals surface area contributed by atoms with E-state index in [1.165, 1.54) is 6.07 Å². The smallest absolute Gasteiger partial charge is 0.266 e. The highest BCUT2D eigenvalue weighted by Crippen LogP contribution is 2.39. The summed E-state index contributed by atoms with van der Waals surface area (Å²) in [5.41, 5.74) is 10.4. The number of hydrogen-bond donors (Lipinski definition) is 3. The third-order valence-electron chi connectivity index (χ3n) is 13.0. The van der Waals surface area contributed by atoms with Gasteiger partial charge in [0.1, 0.15) is 29.4 Å². The van der Waals surface area contributed by atoms with Gasteiger partial charge in [-0.05, 0) is 75.4 Å². The summed E-state index contributed by atoms with van der Waals surface area (Å²) >= 11 is 5.27. The number of carbonyl (C=O) groups excluding carboxylic acids is 6. The second-order valence-electron chi connectivity index (χ2n) is 17.8. The number of fused-ring (bicyclic) bond motifs is 2. The normalized spacial score (nSPS) is 19.1. The zero-order valence-corrected chi connectivity index (χ0v) is 40.7. The van der Waals surface area contributed by atoms with E-state index < -0.39 is 51.0 Å². The van der Waals surface area contributed by atoms with E-state index in [4.69, 9.17) is 36.9 Å². The number of rotatable bonds is 21. The van der Waals surface area contributed by atoms with Crippen molar-refractivity contribution in [3.8, 4) is 16.9 Å². The maximum atomic E-state index is 13.8. The Kier molecular flexibility index (Phi) is 15.7. The molecule has 70 heavy (non-hydrogen) atoms. The lowest BCUT2D eigenvalue weighted by atomic mass is 10.0. The number of imide groups is 2. The Morgan fingerprint density at radius 3 is 2.23 bits per heavy atom. The molecule has 0 bridgehead atoms. The Morgan fingerprint density at radius 2 is 1.53 bits per heavy atom. The second-order valence-corrected chi connectivity index (χ2v) is 20.7. The summed E-state index contributed by atoms with van der Waals surface area (Å²) in [5, 5.41) is 5.51. The summed E-state index contributed by atoms with van der Waals surface area (Å²) in [4.78, 5) is 79.8. The number of nitrogens with zero attached hydrogens (tertiary/aromatic N) is 4. The molecule has 4 aromatic rings. The molecular weight excluding hydrogens is 943 g/mol. The molecule has 19 nitrogen and oxygen atoms in total. The van der Waals surface area contributed by atoms with E-state index in [1.54, 1.807) is 35.2 Å². The zero-order valence-electron chi connectivity index (χ0n) is 39.1. The van der Waals surface area contributed by atoms with Gasteiger partial charge < -0.3 is 39.5 Å². The van der Waals surface area contributed by atoms with Crippen LogP contribution < -0.4 is 26.0 Å². The third kappa shape index (κ3) is 10.8. The van der Waals surface area contributed by atoms with Crippen LogP contribution in [0.1, 0.15) is 84.7 Å². The van der Waals surface area contributed by atoms with E-state index in [0.29, 0.717) is 49.6 Å². The minimum Gasteiger partial charge on any atom is -0.490 e. The number of piperidine rings is 2. The van der Waals surface area contributed by atoms with Gasteiger partial charge in [-0.2, -0.15) is 0 Å². The van der Waals surface area contributed by atoms with E-state index in [0.717, 1.165) is 32.5 Å². The Bertz CT molecular complexity index is 2810. The second kappa shape index (κ2) is 21.9. The number of nitrogens with one attached hydrogen (secondary N) is 2. The predicted molar refractivity (Wildman–Crippen MR) is 262 cm³/mol. The van der Waals surface area contributed by atoms with Crippen molar-refractivity contribution in [3.63, 3.8) is 0 Å². The number of hydrogen-bond acceptors (Lipinski definition) is 13. The maximum Gasteiger partial charge on any atom is 0.266 e. The van der Waals surface area contributed by atoms with Gasteiger partial charge in [0.05, 0.1) is 61.5 Å². The molecule has 4 aliphatic rings. The van der Waals surface area contributed by atoms with Crippen molar-refractivity contribution in [2.45, 2.75) is 75.7 Å². The number of carbonyl (C=O) groups is 6. The van der Waals surface area contributed by atoms with Gasteiger partial charge in [0, 0.05) is 66.9 Å². The topological polar surface area (TPSA) is 238 Å². The van der Waals surface area contributed by atoms with Crippen molar-refractivity contribution in [2.75, 3.05) is 70.8 Å². The molecule has 21 heteroatoms. The lowest BCUT2D eigenvalue weighted by Gasteiger charge is -2.33. The van der Waals surface area contributed by atoms with Crippen LogP contribution in [0.2, 0.25) is 0 Å². The average molecular weight is 1000 g/mol. The molecule has 2 unspecified atom stereocenters. The number of nitrogens with two attached hydrogens (primary N) is 1. The highest BCUT2D eigenvalue weighted by molar-refractivity contribution is 7.89. The van der Waals surface area contributed by atoms with E-state index in [2.05, 4.69) is 21.4 Å². The van der Waals surface area contributed by atoms with Crippen LogP contribution >= 0.6 is 12.2 Å². The van der Waals surface area contributed by atoms with Crippen LogP contribution in [0.25, 0.3) is 22.0 Å². The van der Waals surface area contributed by atoms with Crippen molar-refractivity contribution in [3.05, 3.63) is 83.6 Å². The van der Waals surface area contributed by atoms with Gasteiger partial charge in [0.15, 0.2) is 0 Å². The first-order chi connectivity index (χ1) is 33.6. The fourth-order valence-corrected chi connectivity index (χ4v) is 10.8. The Hall–Kier alpha value is -6.10. The molecule has 3 saturated heterocycles. The molecule has 0 radical (unpaired) electrons. The standard InChI is InChI=1S/C49H57N7O12S2/c1-30(2)70(63,64)53-17-13-33(14-18-53)55-29-37(31-5-3-6-32(27-31)45(50)69)35-10-9-34(28-40(35)55)54-19-15-38(48(54)61)51-43(58)16-20-65-21-22-66-23-24-67-25-26-68-41-8-4-7-36-44(41)49(62)56(47(36)60)39-11-12-42(57)52-46(39)59/h3-10,27-30,33,38-39H,11-26H2,1-2H3,(H2,50,69)(H,51,58)(H,52,57,59). The lowest BCUT2D eigenvalue weighted by Crippen LogP contribution is -2.54. The van der Waals surface area contributed by atoms with Crippen LogP contribution in [-0.2, 0) is 43.4 Å². The number of ether oxygens (including phenoxy) is 4. The number of amides is 6. The van der Waals surface area contributed by atoms with E-state index in [-0.39, 0.29) is 100 Å². The average Bonchev–Trinajstić information content (AvgIpc) is 3.99. The highest BCUT2D eigenvalue weighted by Gasteiger charge is 2.46. The monoisotopic (exact) mass is 999 g/mol. The van der Waals surface area contributed by atoms with Crippen molar-refractivity contribution < 1.29 is 56.1 Å².